The molecule has 0 aliphatic carbocycles. The summed E-state index contributed by atoms with van der Waals surface area (Å²) in [5, 5.41) is 12.4. The van der Waals surface area contributed by atoms with Gasteiger partial charge in [0.1, 0.15) is 11.4 Å². The van der Waals surface area contributed by atoms with Crippen molar-refractivity contribution >= 4 is 39.6 Å². The standard InChI is InChI=1S/C20H19N5O2S2/c1-3-27-16-9-5-4-8-15(16)22-19-23-24-20(29-19)28-12-14-11-18(26)25-13(2)7-6-10-17(25)21-14/h4-11H,3,12H2,1-2H3,(H,22,23). The number of nitrogens with zero attached hydrogens (tertiary/aromatic N) is 4. The maximum Gasteiger partial charge on any atom is 0.258 e. The van der Waals surface area contributed by atoms with E-state index in [1.807, 2.05) is 56.3 Å². The minimum atomic E-state index is -0.0733. The predicted molar refractivity (Wildman–Crippen MR) is 117 cm³/mol. The second kappa shape index (κ2) is 8.62. The smallest absolute Gasteiger partial charge is 0.258 e. The monoisotopic (exact) mass is 425 g/mol. The van der Waals surface area contributed by atoms with Gasteiger partial charge in [-0.1, -0.05) is 41.3 Å². The molecule has 3 aromatic heterocycles. The molecule has 0 amide bonds. The quantitative estimate of drug-likeness (QED) is 0.442. The lowest BCUT2D eigenvalue weighted by atomic mass is 10.3. The molecule has 0 fully saturated rings. The number of hydrogen-bond donors (Lipinski definition) is 1. The van der Waals surface area contributed by atoms with E-state index in [1.165, 1.54) is 23.1 Å². The van der Waals surface area contributed by atoms with Gasteiger partial charge in [-0.15, -0.1) is 10.2 Å². The zero-order valence-electron chi connectivity index (χ0n) is 16.0. The number of hydrogen-bond acceptors (Lipinski definition) is 8. The SMILES string of the molecule is CCOc1ccccc1Nc1nnc(SCc2cc(=O)n3c(C)cccc3n2)s1. The van der Waals surface area contributed by atoms with Crippen LogP contribution in [-0.4, -0.2) is 26.2 Å². The number of thioether (sulfide) groups is 1. The highest BCUT2D eigenvalue weighted by molar-refractivity contribution is 8.00. The van der Waals surface area contributed by atoms with Crippen molar-refractivity contribution in [2.75, 3.05) is 11.9 Å². The van der Waals surface area contributed by atoms with Crippen molar-refractivity contribution in [2.45, 2.75) is 23.9 Å². The van der Waals surface area contributed by atoms with Gasteiger partial charge in [0.2, 0.25) is 5.13 Å². The molecule has 0 unspecified atom stereocenters. The molecule has 29 heavy (non-hydrogen) atoms. The third-order valence-electron chi connectivity index (χ3n) is 4.11. The van der Waals surface area contributed by atoms with Crippen LogP contribution in [0.25, 0.3) is 5.65 Å². The fourth-order valence-electron chi connectivity index (χ4n) is 2.86. The number of rotatable bonds is 7. The Bertz CT molecular complexity index is 1200. The minimum Gasteiger partial charge on any atom is -0.492 e. The lowest BCUT2D eigenvalue weighted by molar-refractivity contribution is 0.342. The first kappa shape index (κ1) is 19.4. The highest BCUT2D eigenvalue weighted by Crippen LogP contribution is 2.32. The number of ether oxygens (including phenoxy) is 1. The maximum absolute atomic E-state index is 12.4. The summed E-state index contributed by atoms with van der Waals surface area (Å²) in [5.41, 5.74) is 3.01. The first-order chi connectivity index (χ1) is 14.1. The Kier molecular flexibility index (Phi) is 5.77. The van der Waals surface area contributed by atoms with E-state index >= 15 is 0 Å². The molecule has 0 radical (unpaired) electrons. The Morgan fingerprint density at radius 1 is 1.17 bits per heavy atom. The Hall–Kier alpha value is -2.91. The molecule has 0 aliphatic rings. The largest absolute Gasteiger partial charge is 0.492 e. The molecule has 1 aromatic carbocycles. The number of anilines is 2. The van der Waals surface area contributed by atoms with Gasteiger partial charge in [0.05, 0.1) is 18.0 Å². The third-order valence-corrected chi connectivity index (χ3v) is 6.12. The van der Waals surface area contributed by atoms with Crippen molar-refractivity contribution in [1.82, 2.24) is 19.6 Å². The van der Waals surface area contributed by atoms with Gasteiger partial charge in [0.15, 0.2) is 4.34 Å². The molecule has 148 valence electrons. The molecule has 0 aliphatic heterocycles. The Morgan fingerprint density at radius 2 is 2.03 bits per heavy atom. The summed E-state index contributed by atoms with van der Waals surface area (Å²) in [5.74, 6) is 1.32. The van der Waals surface area contributed by atoms with Gasteiger partial charge in [0, 0.05) is 17.5 Å². The van der Waals surface area contributed by atoms with Gasteiger partial charge in [-0.3, -0.25) is 9.20 Å². The molecule has 0 bridgehead atoms. The lowest BCUT2D eigenvalue weighted by Crippen LogP contribution is -2.17. The summed E-state index contributed by atoms with van der Waals surface area (Å²) in [6.45, 7) is 4.43. The Balaban J connectivity index is 1.46. The molecule has 0 saturated carbocycles. The summed E-state index contributed by atoms with van der Waals surface area (Å²) in [4.78, 5) is 17.0. The maximum atomic E-state index is 12.4. The molecule has 1 N–H and O–H groups in total. The average molecular weight is 426 g/mol. The second-order valence-electron chi connectivity index (χ2n) is 6.16. The average Bonchev–Trinajstić information content (AvgIpc) is 3.15. The molecular weight excluding hydrogens is 406 g/mol. The summed E-state index contributed by atoms with van der Waals surface area (Å²) in [6.07, 6.45) is 0. The van der Waals surface area contributed by atoms with Crippen molar-refractivity contribution in [3.63, 3.8) is 0 Å². The van der Waals surface area contributed by atoms with Crippen LogP contribution in [-0.2, 0) is 5.75 Å². The summed E-state index contributed by atoms with van der Waals surface area (Å²) < 4.78 is 8.03. The van der Waals surface area contributed by atoms with Gasteiger partial charge in [-0.25, -0.2) is 4.98 Å². The van der Waals surface area contributed by atoms with Crippen molar-refractivity contribution in [2.24, 2.45) is 0 Å². The molecule has 0 spiro atoms. The Labute approximate surface area is 175 Å². The van der Waals surface area contributed by atoms with Crippen molar-refractivity contribution < 1.29 is 4.74 Å². The van der Waals surface area contributed by atoms with Crippen LogP contribution in [0.15, 0.2) is 57.7 Å². The zero-order valence-corrected chi connectivity index (χ0v) is 17.6. The molecule has 3 heterocycles. The third kappa shape index (κ3) is 4.41. The highest BCUT2D eigenvalue weighted by Gasteiger charge is 2.10. The summed E-state index contributed by atoms with van der Waals surface area (Å²) in [6, 6.07) is 14.9. The van der Waals surface area contributed by atoms with Gasteiger partial charge < -0.3 is 10.1 Å². The van der Waals surface area contributed by atoms with Crippen molar-refractivity contribution in [1.29, 1.82) is 0 Å². The molecule has 9 heteroatoms. The Morgan fingerprint density at radius 3 is 2.90 bits per heavy atom. The van der Waals surface area contributed by atoms with E-state index in [2.05, 4.69) is 20.5 Å². The fourth-order valence-corrected chi connectivity index (χ4v) is 4.52. The van der Waals surface area contributed by atoms with Crippen LogP contribution in [0.3, 0.4) is 0 Å². The molecule has 7 nitrogen and oxygen atoms in total. The first-order valence-electron chi connectivity index (χ1n) is 9.07. The zero-order chi connectivity index (χ0) is 20.2. The molecular formula is C20H19N5O2S2. The summed E-state index contributed by atoms with van der Waals surface area (Å²) >= 11 is 2.95. The number of benzene rings is 1. The van der Waals surface area contributed by atoms with Crippen molar-refractivity contribution in [3.05, 3.63) is 70.3 Å². The number of nitrogens with one attached hydrogen (secondary N) is 1. The van der Waals surface area contributed by atoms with Crippen LogP contribution in [0.2, 0.25) is 0 Å². The normalized spacial score (nSPS) is 11.0. The van der Waals surface area contributed by atoms with E-state index in [-0.39, 0.29) is 5.56 Å². The number of aromatic nitrogens is 4. The van der Waals surface area contributed by atoms with Crippen LogP contribution in [0, 0.1) is 6.92 Å². The van der Waals surface area contributed by atoms with Crippen LogP contribution in [0.1, 0.15) is 18.3 Å². The van der Waals surface area contributed by atoms with Gasteiger partial charge in [-0.05, 0) is 38.1 Å². The van der Waals surface area contributed by atoms with Gasteiger partial charge >= 0.3 is 0 Å². The van der Waals surface area contributed by atoms with Crippen LogP contribution in [0.4, 0.5) is 10.8 Å². The van der Waals surface area contributed by atoms with E-state index in [4.69, 9.17) is 4.74 Å². The van der Waals surface area contributed by atoms with E-state index in [1.54, 1.807) is 10.5 Å². The second-order valence-corrected chi connectivity index (χ2v) is 8.36. The van der Waals surface area contributed by atoms with E-state index in [0.717, 1.165) is 27.2 Å². The molecule has 4 aromatic rings. The van der Waals surface area contributed by atoms with Crippen molar-refractivity contribution in [3.8, 4) is 5.75 Å². The molecule has 0 atom stereocenters. The van der Waals surface area contributed by atoms with Crippen LogP contribution >= 0.6 is 23.1 Å². The topological polar surface area (TPSA) is 81.4 Å². The number of fused-ring (bicyclic) bond motifs is 1. The fraction of sp³-hybridized carbons (Fsp3) is 0.200. The van der Waals surface area contributed by atoms with Crippen LogP contribution < -0.4 is 15.6 Å². The van der Waals surface area contributed by atoms with E-state index in [9.17, 15) is 4.79 Å². The number of para-hydroxylation sites is 2. The van der Waals surface area contributed by atoms with Gasteiger partial charge in [-0.2, -0.15) is 0 Å². The molecule has 4 rings (SSSR count). The van der Waals surface area contributed by atoms with Gasteiger partial charge in [0.25, 0.3) is 5.56 Å². The summed E-state index contributed by atoms with van der Waals surface area (Å²) in [7, 11) is 0. The number of aryl methyl sites for hydroxylation is 1. The van der Waals surface area contributed by atoms with E-state index in [0.29, 0.717) is 23.1 Å². The van der Waals surface area contributed by atoms with Crippen LogP contribution in [0.5, 0.6) is 5.75 Å². The first-order valence-corrected chi connectivity index (χ1v) is 10.9. The molecule has 0 saturated heterocycles. The highest BCUT2D eigenvalue weighted by atomic mass is 32.2. The predicted octanol–water partition coefficient (Wildman–Crippen LogP) is 4.29. The lowest BCUT2D eigenvalue weighted by Gasteiger charge is -2.09. The number of pyridine rings is 1. The van der Waals surface area contributed by atoms with E-state index < -0.39 is 0 Å². The minimum absolute atomic E-state index is 0.0733.